The lowest BCUT2D eigenvalue weighted by Crippen LogP contribution is -2.30. The molecule has 1 atom stereocenters. The lowest BCUT2D eigenvalue weighted by atomic mass is 10.0. The Bertz CT molecular complexity index is 1250. The molecule has 0 radical (unpaired) electrons. The molecule has 0 fully saturated rings. The predicted octanol–water partition coefficient (Wildman–Crippen LogP) is 20.0. The number of hydrogen-bond acceptors (Lipinski definition) is 6. The van der Waals surface area contributed by atoms with Crippen molar-refractivity contribution in [1.82, 2.24) is 0 Å². The molecular weight excluding hydrogens is 853 g/mol. The molecule has 0 aliphatic heterocycles. The van der Waals surface area contributed by atoms with E-state index in [1.54, 1.807) is 0 Å². The van der Waals surface area contributed by atoms with Gasteiger partial charge in [-0.05, 0) is 70.6 Å². The molecule has 0 aromatic carbocycles. The number of ether oxygens (including phenoxy) is 3. The minimum atomic E-state index is -0.813. The first kappa shape index (κ1) is 66.1. The van der Waals surface area contributed by atoms with Crippen molar-refractivity contribution in [3.63, 3.8) is 0 Å². The third-order valence-electron chi connectivity index (χ3n) is 13.0. The zero-order chi connectivity index (χ0) is 50.0. The van der Waals surface area contributed by atoms with Gasteiger partial charge in [-0.1, -0.05) is 274 Å². The maximum atomic E-state index is 12.8. The summed E-state index contributed by atoms with van der Waals surface area (Å²) in [5, 5.41) is 0. The van der Waals surface area contributed by atoms with Crippen LogP contribution < -0.4 is 0 Å². The second-order valence-corrected chi connectivity index (χ2v) is 19.9. The van der Waals surface area contributed by atoms with Gasteiger partial charge in [-0.2, -0.15) is 0 Å². The highest BCUT2D eigenvalue weighted by molar-refractivity contribution is 5.71. The summed E-state index contributed by atoms with van der Waals surface area (Å²) in [6.07, 6.45) is 72.6. The third kappa shape index (κ3) is 55.9. The molecular formula is C63H112O6. The monoisotopic (exact) mass is 965 g/mol. The van der Waals surface area contributed by atoms with Crippen molar-refractivity contribution >= 4 is 17.9 Å². The lowest BCUT2D eigenvalue weighted by molar-refractivity contribution is -0.166. The Labute approximate surface area is 428 Å². The van der Waals surface area contributed by atoms with E-state index >= 15 is 0 Å². The number of carbonyl (C=O) groups excluding carboxylic acids is 3. The Kier molecular flexibility index (Phi) is 55.3. The average Bonchev–Trinajstić information content (AvgIpc) is 3.35. The maximum absolute atomic E-state index is 12.8. The van der Waals surface area contributed by atoms with E-state index in [0.717, 1.165) is 70.6 Å². The minimum Gasteiger partial charge on any atom is -0.462 e. The van der Waals surface area contributed by atoms with E-state index in [2.05, 4.69) is 75.5 Å². The maximum Gasteiger partial charge on any atom is 0.306 e. The van der Waals surface area contributed by atoms with Crippen molar-refractivity contribution in [2.75, 3.05) is 13.2 Å². The van der Waals surface area contributed by atoms with Crippen LogP contribution in [0.25, 0.3) is 0 Å². The molecule has 0 aliphatic rings. The smallest absolute Gasteiger partial charge is 0.306 e. The summed E-state index contributed by atoms with van der Waals surface area (Å²) in [6.45, 7) is 6.46. The molecule has 0 aromatic heterocycles. The molecule has 0 amide bonds. The highest BCUT2D eigenvalue weighted by Crippen LogP contribution is 2.17. The van der Waals surface area contributed by atoms with Crippen LogP contribution in [0.15, 0.2) is 60.8 Å². The van der Waals surface area contributed by atoms with Crippen molar-refractivity contribution in [3.05, 3.63) is 60.8 Å². The van der Waals surface area contributed by atoms with E-state index < -0.39 is 6.10 Å². The van der Waals surface area contributed by atoms with Gasteiger partial charge in [0.1, 0.15) is 13.2 Å². The largest absolute Gasteiger partial charge is 0.462 e. The standard InChI is InChI=1S/C63H112O6/c1-4-7-10-13-16-19-22-25-26-27-28-29-30-31-32-33-34-35-36-37-39-41-44-47-50-53-56-62(65)68-59-60(58-67-61(64)55-52-49-46-43-40-24-21-18-15-12-9-6-3)69-63(66)57-54-51-48-45-42-38-23-20-17-14-11-8-5-2/h8,11,17-18,20-21,38,42,48,51,60H,4-7,9-10,12-16,19,22-37,39-41,43-47,49-50,52-59H2,1-3H3/b11-8-,20-17-,21-18-,42-38-,51-48-. The first-order valence-electron chi connectivity index (χ1n) is 29.8. The van der Waals surface area contributed by atoms with Crippen molar-refractivity contribution in [1.29, 1.82) is 0 Å². The van der Waals surface area contributed by atoms with Crippen LogP contribution in [0, 0.1) is 0 Å². The summed E-state index contributed by atoms with van der Waals surface area (Å²) >= 11 is 0. The molecule has 0 N–H and O–H groups in total. The van der Waals surface area contributed by atoms with Gasteiger partial charge in [-0.25, -0.2) is 0 Å². The quantitative estimate of drug-likeness (QED) is 0.0262. The summed E-state index contributed by atoms with van der Waals surface area (Å²) in [5.41, 5.74) is 0. The molecule has 0 saturated carbocycles. The van der Waals surface area contributed by atoms with Gasteiger partial charge in [0.15, 0.2) is 6.10 Å². The van der Waals surface area contributed by atoms with Crippen molar-refractivity contribution in [2.24, 2.45) is 0 Å². The van der Waals surface area contributed by atoms with Crippen molar-refractivity contribution in [3.8, 4) is 0 Å². The van der Waals surface area contributed by atoms with Crippen LogP contribution in [-0.2, 0) is 28.6 Å². The minimum absolute atomic E-state index is 0.103. The Morgan fingerprint density at radius 2 is 0.594 bits per heavy atom. The molecule has 0 heterocycles. The molecule has 69 heavy (non-hydrogen) atoms. The fourth-order valence-electron chi connectivity index (χ4n) is 8.57. The molecule has 6 nitrogen and oxygen atoms in total. The van der Waals surface area contributed by atoms with Crippen LogP contribution in [0.3, 0.4) is 0 Å². The lowest BCUT2D eigenvalue weighted by Gasteiger charge is -2.18. The normalized spacial score (nSPS) is 12.4. The van der Waals surface area contributed by atoms with Crippen LogP contribution in [0.5, 0.6) is 0 Å². The molecule has 0 aliphatic carbocycles. The van der Waals surface area contributed by atoms with Gasteiger partial charge >= 0.3 is 17.9 Å². The van der Waals surface area contributed by atoms with E-state index in [9.17, 15) is 14.4 Å². The van der Waals surface area contributed by atoms with E-state index in [1.165, 1.54) is 186 Å². The number of rotatable bonds is 54. The van der Waals surface area contributed by atoms with E-state index in [-0.39, 0.29) is 37.5 Å². The summed E-state index contributed by atoms with van der Waals surface area (Å²) in [5.74, 6) is -0.984. The fraction of sp³-hybridized carbons (Fsp3) is 0.794. The van der Waals surface area contributed by atoms with Crippen LogP contribution in [0.1, 0.15) is 303 Å². The van der Waals surface area contributed by atoms with Crippen LogP contribution in [-0.4, -0.2) is 37.2 Å². The zero-order valence-corrected chi connectivity index (χ0v) is 45.8. The summed E-state index contributed by atoms with van der Waals surface area (Å²) < 4.78 is 16.8. The van der Waals surface area contributed by atoms with Gasteiger partial charge < -0.3 is 14.2 Å². The highest BCUT2D eigenvalue weighted by Gasteiger charge is 2.19. The third-order valence-corrected chi connectivity index (χ3v) is 13.0. The number of carbonyl (C=O) groups is 3. The second kappa shape index (κ2) is 57.7. The van der Waals surface area contributed by atoms with Gasteiger partial charge in [0, 0.05) is 19.3 Å². The van der Waals surface area contributed by atoms with Gasteiger partial charge in [-0.15, -0.1) is 0 Å². The molecule has 1 unspecified atom stereocenters. The van der Waals surface area contributed by atoms with Crippen LogP contribution >= 0.6 is 0 Å². The molecule has 0 spiro atoms. The number of unbranched alkanes of at least 4 members (excludes halogenated alkanes) is 33. The van der Waals surface area contributed by atoms with E-state index in [1.807, 2.05) is 6.08 Å². The Morgan fingerprint density at radius 3 is 0.971 bits per heavy atom. The Balaban J connectivity index is 4.22. The van der Waals surface area contributed by atoms with Crippen molar-refractivity contribution in [2.45, 2.75) is 309 Å². The summed E-state index contributed by atoms with van der Waals surface area (Å²) in [7, 11) is 0. The molecule has 0 rings (SSSR count). The van der Waals surface area contributed by atoms with Gasteiger partial charge in [0.2, 0.25) is 0 Å². The SMILES string of the molecule is CC/C=C\C/C=C\C/C=C\C/C=C\CCC(=O)OC(COC(=O)CCCCCCC/C=C\CCCCC)COC(=O)CCCCCCCCCCCCCCCCCCCCCCCCCCCC. The van der Waals surface area contributed by atoms with Gasteiger partial charge in [-0.3, -0.25) is 14.4 Å². The Hall–Kier alpha value is -2.89. The molecule has 0 aromatic rings. The number of hydrogen-bond donors (Lipinski definition) is 0. The topological polar surface area (TPSA) is 78.9 Å². The molecule has 0 saturated heterocycles. The van der Waals surface area contributed by atoms with Gasteiger partial charge in [0.25, 0.3) is 0 Å². The van der Waals surface area contributed by atoms with Gasteiger partial charge in [0.05, 0.1) is 0 Å². The van der Waals surface area contributed by atoms with Crippen molar-refractivity contribution < 1.29 is 28.6 Å². The van der Waals surface area contributed by atoms with Crippen LogP contribution in [0.2, 0.25) is 0 Å². The summed E-state index contributed by atoms with van der Waals surface area (Å²) in [4.78, 5) is 38.0. The molecule has 6 heteroatoms. The predicted molar refractivity (Wildman–Crippen MR) is 298 cm³/mol. The molecule has 0 bridgehead atoms. The average molecular weight is 966 g/mol. The first-order chi connectivity index (χ1) is 34.0. The fourth-order valence-corrected chi connectivity index (χ4v) is 8.57. The Morgan fingerprint density at radius 1 is 0.304 bits per heavy atom. The highest BCUT2D eigenvalue weighted by atomic mass is 16.6. The number of esters is 3. The van der Waals surface area contributed by atoms with Crippen LogP contribution in [0.4, 0.5) is 0 Å². The summed E-state index contributed by atoms with van der Waals surface area (Å²) in [6, 6.07) is 0. The number of allylic oxidation sites excluding steroid dienone is 10. The van der Waals surface area contributed by atoms with E-state index in [4.69, 9.17) is 14.2 Å². The molecule has 400 valence electrons. The zero-order valence-electron chi connectivity index (χ0n) is 45.8. The second-order valence-electron chi connectivity index (χ2n) is 19.9. The van der Waals surface area contributed by atoms with E-state index in [0.29, 0.717) is 19.3 Å². The first-order valence-corrected chi connectivity index (χ1v) is 29.8.